The van der Waals surface area contributed by atoms with E-state index in [1.54, 1.807) is 45.6 Å². The van der Waals surface area contributed by atoms with Crippen LogP contribution in [0.2, 0.25) is 0 Å². The Morgan fingerprint density at radius 2 is 1.52 bits per heavy atom. The summed E-state index contributed by atoms with van der Waals surface area (Å²) < 4.78 is 15.6. The first-order valence-electron chi connectivity index (χ1n) is 13.5. The number of rotatable bonds is 11. The molecule has 212 valence electrons. The van der Waals surface area contributed by atoms with Crippen LogP contribution < -0.4 is 30.3 Å². The molecule has 3 aromatic rings. The lowest BCUT2D eigenvalue weighted by molar-refractivity contribution is 0.0937. The molecule has 3 amide bonds. The molecular weight excluding hydrogens is 508 g/mol. The number of amides is 3. The fourth-order valence-electron chi connectivity index (χ4n) is 4.93. The van der Waals surface area contributed by atoms with Crippen LogP contribution in [0.25, 0.3) is 0 Å². The normalized spacial score (nSPS) is 13.4. The smallest absolute Gasteiger partial charge is 0.323 e. The van der Waals surface area contributed by atoms with E-state index in [1.165, 1.54) is 5.56 Å². The van der Waals surface area contributed by atoms with Gasteiger partial charge in [-0.15, -0.1) is 0 Å². The highest BCUT2D eigenvalue weighted by Crippen LogP contribution is 2.31. The maximum atomic E-state index is 13.2. The van der Waals surface area contributed by atoms with E-state index >= 15 is 0 Å². The Morgan fingerprint density at radius 1 is 0.850 bits per heavy atom. The Morgan fingerprint density at radius 3 is 2.17 bits per heavy atom. The van der Waals surface area contributed by atoms with Gasteiger partial charge in [0.05, 0.1) is 26.4 Å². The first-order valence-corrected chi connectivity index (χ1v) is 13.5. The fourth-order valence-corrected chi connectivity index (χ4v) is 4.93. The molecular formula is C31H38N4O5. The highest BCUT2D eigenvalue weighted by molar-refractivity contribution is 6.04. The van der Waals surface area contributed by atoms with E-state index in [1.807, 2.05) is 18.2 Å². The van der Waals surface area contributed by atoms with Crippen LogP contribution in [0.1, 0.15) is 28.8 Å². The molecule has 9 nitrogen and oxygen atoms in total. The molecule has 1 aliphatic rings. The third-order valence-corrected chi connectivity index (χ3v) is 7.02. The van der Waals surface area contributed by atoms with E-state index in [0.717, 1.165) is 38.0 Å². The Hall–Kier alpha value is -4.24. The van der Waals surface area contributed by atoms with E-state index in [2.05, 4.69) is 45.1 Å². The van der Waals surface area contributed by atoms with Crippen molar-refractivity contribution in [3.8, 4) is 11.5 Å². The second-order valence-corrected chi connectivity index (χ2v) is 9.78. The topological polar surface area (TPSA) is 101 Å². The quantitative estimate of drug-likeness (QED) is 0.287. The molecule has 0 radical (unpaired) electrons. The molecule has 0 aliphatic carbocycles. The molecule has 0 aromatic heterocycles. The molecule has 0 spiro atoms. The maximum absolute atomic E-state index is 13.2. The standard InChI is InChI=1S/C31H38N4O5/c1-38-16-13-32-30(36)28-20-24(33-31(37)34-25-18-26(39-2)21-27(19-25)40-3)9-10-29(28)35-14-11-23(12-15-35)17-22-7-5-4-6-8-22/h4-10,18-21,23H,11-17H2,1-3H3,(H,32,36)(H2,33,34,37). The van der Waals surface area contributed by atoms with Crippen molar-refractivity contribution in [1.29, 1.82) is 0 Å². The second-order valence-electron chi connectivity index (χ2n) is 9.78. The molecule has 3 N–H and O–H groups in total. The zero-order chi connectivity index (χ0) is 28.3. The van der Waals surface area contributed by atoms with Crippen molar-refractivity contribution in [2.45, 2.75) is 19.3 Å². The summed E-state index contributed by atoms with van der Waals surface area (Å²) in [5.74, 6) is 1.51. The largest absolute Gasteiger partial charge is 0.497 e. The second kappa shape index (κ2) is 14.2. The van der Waals surface area contributed by atoms with Gasteiger partial charge in [-0.25, -0.2) is 4.79 Å². The van der Waals surface area contributed by atoms with Gasteiger partial charge >= 0.3 is 6.03 Å². The molecule has 40 heavy (non-hydrogen) atoms. The number of hydrogen-bond donors (Lipinski definition) is 3. The van der Waals surface area contributed by atoms with Gasteiger partial charge in [-0.2, -0.15) is 0 Å². The Bertz CT molecular complexity index is 1250. The Kier molecular flexibility index (Phi) is 10.2. The summed E-state index contributed by atoms with van der Waals surface area (Å²) in [6, 6.07) is 20.7. The first-order chi connectivity index (χ1) is 19.5. The summed E-state index contributed by atoms with van der Waals surface area (Å²) in [7, 11) is 4.69. The molecule has 0 bridgehead atoms. The average molecular weight is 547 g/mol. The number of methoxy groups -OCH3 is 3. The number of benzene rings is 3. The molecule has 1 aliphatic heterocycles. The lowest BCUT2D eigenvalue weighted by Crippen LogP contribution is -2.36. The van der Waals surface area contributed by atoms with Crippen molar-refractivity contribution >= 4 is 29.0 Å². The summed E-state index contributed by atoms with van der Waals surface area (Å²) in [5.41, 5.74) is 3.75. The number of anilines is 3. The molecule has 0 saturated carbocycles. The third kappa shape index (κ3) is 7.89. The minimum Gasteiger partial charge on any atom is -0.497 e. The van der Waals surface area contributed by atoms with Crippen molar-refractivity contribution in [2.24, 2.45) is 5.92 Å². The van der Waals surface area contributed by atoms with Crippen molar-refractivity contribution in [1.82, 2.24) is 5.32 Å². The predicted molar refractivity (Wildman–Crippen MR) is 158 cm³/mol. The van der Waals surface area contributed by atoms with E-state index in [4.69, 9.17) is 14.2 Å². The van der Waals surface area contributed by atoms with Crippen molar-refractivity contribution in [3.05, 3.63) is 77.9 Å². The van der Waals surface area contributed by atoms with E-state index < -0.39 is 6.03 Å². The summed E-state index contributed by atoms with van der Waals surface area (Å²) in [6.07, 6.45) is 3.16. The zero-order valence-corrected chi connectivity index (χ0v) is 23.4. The van der Waals surface area contributed by atoms with Crippen LogP contribution >= 0.6 is 0 Å². The number of carbonyl (C=O) groups excluding carboxylic acids is 2. The summed E-state index contributed by atoms with van der Waals surface area (Å²) in [4.78, 5) is 28.3. The van der Waals surface area contributed by atoms with Crippen molar-refractivity contribution < 1.29 is 23.8 Å². The number of piperidine rings is 1. The minimum atomic E-state index is -0.449. The van der Waals surface area contributed by atoms with E-state index in [0.29, 0.717) is 47.5 Å². The van der Waals surface area contributed by atoms with Crippen LogP contribution in [-0.4, -0.2) is 59.5 Å². The van der Waals surface area contributed by atoms with Gasteiger partial charge in [0.2, 0.25) is 0 Å². The third-order valence-electron chi connectivity index (χ3n) is 7.02. The van der Waals surface area contributed by atoms with Gasteiger partial charge in [0.1, 0.15) is 11.5 Å². The lowest BCUT2D eigenvalue weighted by atomic mass is 9.89. The van der Waals surface area contributed by atoms with Crippen LogP contribution in [0.4, 0.5) is 21.9 Å². The van der Waals surface area contributed by atoms with Gasteiger partial charge in [0.15, 0.2) is 0 Å². The van der Waals surface area contributed by atoms with Gasteiger partial charge in [-0.1, -0.05) is 30.3 Å². The molecule has 9 heteroatoms. The highest BCUT2D eigenvalue weighted by Gasteiger charge is 2.24. The first kappa shape index (κ1) is 28.8. The van der Waals surface area contributed by atoms with Gasteiger partial charge in [0, 0.05) is 62.0 Å². The molecule has 1 saturated heterocycles. The average Bonchev–Trinajstić information content (AvgIpc) is 2.98. The van der Waals surface area contributed by atoms with E-state index in [-0.39, 0.29) is 5.91 Å². The number of nitrogens with zero attached hydrogens (tertiary/aromatic N) is 1. The molecule has 1 fully saturated rings. The van der Waals surface area contributed by atoms with Crippen LogP contribution in [0, 0.1) is 5.92 Å². The van der Waals surface area contributed by atoms with Gasteiger partial charge in [0.25, 0.3) is 5.91 Å². The fraction of sp³-hybridized carbons (Fsp3) is 0.355. The van der Waals surface area contributed by atoms with Crippen LogP contribution in [0.15, 0.2) is 66.7 Å². The number of urea groups is 1. The predicted octanol–water partition coefficient (Wildman–Crippen LogP) is 5.18. The maximum Gasteiger partial charge on any atom is 0.323 e. The number of hydrogen-bond acceptors (Lipinski definition) is 6. The number of nitrogens with one attached hydrogen (secondary N) is 3. The number of carbonyl (C=O) groups is 2. The van der Waals surface area contributed by atoms with Crippen LogP contribution in [-0.2, 0) is 11.2 Å². The monoisotopic (exact) mass is 546 g/mol. The van der Waals surface area contributed by atoms with Gasteiger partial charge in [-0.05, 0) is 48.9 Å². The van der Waals surface area contributed by atoms with Gasteiger partial charge < -0.3 is 35.1 Å². The number of ether oxygens (including phenoxy) is 3. The van der Waals surface area contributed by atoms with E-state index in [9.17, 15) is 9.59 Å². The van der Waals surface area contributed by atoms with Crippen LogP contribution in [0.3, 0.4) is 0 Å². The molecule has 4 rings (SSSR count). The summed E-state index contributed by atoms with van der Waals surface area (Å²) in [5, 5.41) is 8.55. The van der Waals surface area contributed by atoms with Gasteiger partial charge in [-0.3, -0.25) is 4.79 Å². The zero-order valence-electron chi connectivity index (χ0n) is 23.4. The molecule has 0 atom stereocenters. The van der Waals surface area contributed by atoms with Crippen molar-refractivity contribution in [3.63, 3.8) is 0 Å². The molecule has 1 heterocycles. The SMILES string of the molecule is COCCNC(=O)c1cc(NC(=O)Nc2cc(OC)cc(OC)c2)ccc1N1CCC(Cc2ccccc2)CC1. The highest BCUT2D eigenvalue weighted by atomic mass is 16.5. The Labute approximate surface area is 235 Å². The van der Waals surface area contributed by atoms with Crippen molar-refractivity contribution in [2.75, 3.05) is 63.1 Å². The summed E-state index contributed by atoms with van der Waals surface area (Å²) in [6.45, 7) is 2.53. The molecule has 3 aromatic carbocycles. The summed E-state index contributed by atoms with van der Waals surface area (Å²) >= 11 is 0. The Balaban J connectivity index is 1.46. The molecule has 0 unspecified atom stereocenters. The van der Waals surface area contributed by atoms with Crippen LogP contribution in [0.5, 0.6) is 11.5 Å². The minimum absolute atomic E-state index is 0.208. The lowest BCUT2D eigenvalue weighted by Gasteiger charge is -2.35.